The first-order chi connectivity index (χ1) is 17.4. The molecule has 0 N–H and O–H groups in total. The molecule has 0 spiro atoms. The third-order valence-electron chi connectivity index (χ3n) is 5.45. The van der Waals surface area contributed by atoms with E-state index in [1.807, 2.05) is 0 Å². The molecule has 0 radical (unpaired) electrons. The second-order valence-electron chi connectivity index (χ2n) is 7.75. The molecule has 0 saturated heterocycles. The molecular formula is C27H20F4N2O3. The van der Waals surface area contributed by atoms with Crippen molar-refractivity contribution in [2.45, 2.75) is 25.6 Å². The van der Waals surface area contributed by atoms with E-state index in [0.717, 1.165) is 5.56 Å². The number of nitrogens with zero attached hydrogens (tertiary/aromatic N) is 2. The summed E-state index contributed by atoms with van der Waals surface area (Å²) in [7, 11) is 0. The number of rotatable bonds is 10. The van der Waals surface area contributed by atoms with Crippen molar-refractivity contribution in [1.82, 2.24) is 9.97 Å². The van der Waals surface area contributed by atoms with Crippen molar-refractivity contribution in [3.05, 3.63) is 119 Å². The quantitative estimate of drug-likeness (QED) is 0.191. The maximum absolute atomic E-state index is 13.0. The van der Waals surface area contributed by atoms with Crippen LogP contribution in [0.25, 0.3) is 0 Å². The SMILES string of the molecule is O=C(c1ccccc1)c1ccc(C(Cc2ccncc2)c2ccc(OC(F)F)c(OC(F)F)c2)cn1. The summed E-state index contributed by atoms with van der Waals surface area (Å²) >= 11 is 0. The molecule has 36 heavy (non-hydrogen) atoms. The average molecular weight is 496 g/mol. The summed E-state index contributed by atoms with van der Waals surface area (Å²) < 4.78 is 60.3. The normalized spacial score (nSPS) is 11.9. The Bertz CT molecular complexity index is 1290. The molecule has 2 aromatic carbocycles. The molecule has 2 heterocycles. The van der Waals surface area contributed by atoms with Crippen molar-refractivity contribution < 1.29 is 31.8 Å². The van der Waals surface area contributed by atoms with Gasteiger partial charge in [-0.3, -0.25) is 14.8 Å². The van der Waals surface area contributed by atoms with Crippen molar-refractivity contribution in [3.63, 3.8) is 0 Å². The molecule has 1 unspecified atom stereocenters. The van der Waals surface area contributed by atoms with Crippen LogP contribution in [0.3, 0.4) is 0 Å². The Hall–Kier alpha value is -4.27. The fourth-order valence-electron chi connectivity index (χ4n) is 3.79. The number of aromatic nitrogens is 2. The monoisotopic (exact) mass is 496 g/mol. The van der Waals surface area contributed by atoms with Crippen molar-refractivity contribution in [1.29, 1.82) is 0 Å². The predicted molar refractivity (Wildman–Crippen MR) is 124 cm³/mol. The van der Waals surface area contributed by atoms with E-state index in [1.54, 1.807) is 73.2 Å². The molecule has 0 saturated carbocycles. The number of benzene rings is 2. The van der Waals surface area contributed by atoms with Crippen molar-refractivity contribution in [3.8, 4) is 11.5 Å². The molecular weight excluding hydrogens is 476 g/mol. The number of carbonyl (C=O) groups is 1. The van der Waals surface area contributed by atoms with Gasteiger partial charge in [0, 0.05) is 30.1 Å². The zero-order chi connectivity index (χ0) is 25.5. The van der Waals surface area contributed by atoms with Crippen LogP contribution in [0.4, 0.5) is 17.6 Å². The van der Waals surface area contributed by atoms with Crippen LogP contribution in [-0.2, 0) is 6.42 Å². The Morgan fingerprint density at radius 2 is 1.44 bits per heavy atom. The minimum atomic E-state index is -3.23. The summed E-state index contributed by atoms with van der Waals surface area (Å²) in [4.78, 5) is 21.1. The number of ketones is 1. The highest BCUT2D eigenvalue weighted by Crippen LogP contribution is 2.36. The number of pyridine rings is 2. The predicted octanol–water partition coefficient (Wildman–Crippen LogP) is 6.29. The van der Waals surface area contributed by atoms with Gasteiger partial charge in [-0.1, -0.05) is 42.5 Å². The summed E-state index contributed by atoms with van der Waals surface area (Å²) in [6, 6.07) is 19.6. The molecule has 4 aromatic rings. The zero-order valence-electron chi connectivity index (χ0n) is 18.7. The fraction of sp³-hybridized carbons (Fsp3) is 0.148. The largest absolute Gasteiger partial charge is 0.431 e. The Morgan fingerprint density at radius 3 is 2.08 bits per heavy atom. The molecule has 0 bridgehead atoms. The summed E-state index contributed by atoms with van der Waals surface area (Å²) in [6.07, 6.45) is 5.20. The molecule has 0 aliphatic rings. The molecule has 0 amide bonds. The number of ether oxygens (including phenoxy) is 2. The zero-order valence-corrected chi connectivity index (χ0v) is 18.7. The summed E-state index contributed by atoms with van der Waals surface area (Å²) in [5.41, 5.74) is 2.82. The lowest BCUT2D eigenvalue weighted by Crippen LogP contribution is -2.11. The van der Waals surface area contributed by atoms with Crippen LogP contribution in [0.5, 0.6) is 11.5 Å². The second kappa shape index (κ2) is 11.4. The molecule has 0 fully saturated rings. The van der Waals surface area contributed by atoms with Gasteiger partial charge < -0.3 is 9.47 Å². The highest BCUT2D eigenvalue weighted by molar-refractivity contribution is 6.07. The van der Waals surface area contributed by atoms with Crippen LogP contribution in [0.1, 0.15) is 38.7 Å². The standard InChI is InChI=1S/C27H20F4N2O3/c28-26(29)35-23-9-7-19(15-24(23)36-27(30)31)21(14-17-10-12-32-13-11-17)20-6-8-22(33-16-20)25(34)18-4-2-1-3-5-18/h1-13,15-16,21,26-27H,14H2. The van der Waals surface area contributed by atoms with Gasteiger partial charge in [0.1, 0.15) is 5.69 Å². The van der Waals surface area contributed by atoms with E-state index >= 15 is 0 Å². The second-order valence-corrected chi connectivity index (χ2v) is 7.75. The first-order valence-corrected chi connectivity index (χ1v) is 10.9. The van der Waals surface area contributed by atoms with E-state index in [1.165, 1.54) is 18.2 Å². The topological polar surface area (TPSA) is 61.3 Å². The molecule has 1 atom stereocenters. The van der Waals surface area contributed by atoms with Crippen LogP contribution >= 0.6 is 0 Å². The molecule has 9 heteroatoms. The molecule has 2 aromatic heterocycles. The van der Waals surface area contributed by atoms with Gasteiger partial charge in [0.05, 0.1) is 0 Å². The van der Waals surface area contributed by atoms with Crippen LogP contribution in [-0.4, -0.2) is 29.0 Å². The molecule has 0 aliphatic heterocycles. The van der Waals surface area contributed by atoms with Gasteiger partial charge >= 0.3 is 13.2 Å². The summed E-state index contributed by atoms with van der Waals surface area (Å²) in [5, 5.41) is 0. The third kappa shape index (κ3) is 6.24. The Labute approximate surface area is 204 Å². The minimum Gasteiger partial charge on any atom is -0.431 e. The van der Waals surface area contributed by atoms with Gasteiger partial charge in [-0.15, -0.1) is 0 Å². The van der Waals surface area contributed by atoms with Crippen LogP contribution in [0.2, 0.25) is 0 Å². The maximum atomic E-state index is 13.0. The smallest absolute Gasteiger partial charge is 0.387 e. The lowest BCUT2D eigenvalue weighted by atomic mass is 9.86. The Morgan fingerprint density at radius 1 is 0.778 bits per heavy atom. The molecule has 4 rings (SSSR count). The van der Waals surface area contributed by atoms with E-state index in [9.17, 15) is 22.4 Å². The van der Waals surface area contributed by atoms with Crippen molar-refractivity contribution in [2.24, 2.45) is 0 Å². The van der Waals surface area contributed by atoms with E-state index in [0.29, 0.717) is 23.1 Å². The van der Waals surface area contributed by atoms with E-state index in [2.05, 4.69) is 19.4 Å². The van der Waals surface area contributed by atoms with E-state index in [4.69, 9.17) is 0 Å². The Balaban J connectivity index is 1.71. The van der Waals surface area contributed by atoms with Crippen LogP contribution in [0.15, 0.2) is 91.4 Å². The van der Waals surface area contributed by atoms with Gasteiger partial charge in [-0.25, -0.2) is 0 Å². The lowest BCUT2D eigenvalue weighted by molar-refractivity contribution is -0.0692. The highest BCUT2D eigenvalue weighted by Gasteiger charge is 2.22. The number of alkyl halides is 4. The minimum absolute atomic E-state index is 0.242. The number of hydrogen-bond acceptors (Lipinski definition) is 5. The first kappa shape index (κ1) is 24.8. The van der Waals surface area contributed by atoms with Gasteiger partial charge in [0.25, 0.3) is 0 Å². The van der Waals surface area contributed by atoms with Gasteiger partial charge in [0.15, 0.2) is 11.5 Å². The first-order valence-electron chi connectivity index (χ1n) is 10.9. The van der Waals surface area contributed by atoms with Crippen molar-refractivity contribution in [2.75, 3.05) is 0 Å². The highest BCUT2D eigenvalue weighted by atomic mass is 19.3. The third-order valence-corrected chi connectivity index (χ3v) is 5.45. The van der Waals surface area contributed by atoms with Crippen LogP contribution in [0, 0.1) is 0 Å². The molecule has 5 nitrogen and oxygen atoms in total. The number of halogens is 4. The van der Waals surface area contributed by atoms with Crippen molar-refractivity contribution >= 4 is 5.78 Å². The van der Waals surface area contributed by atoms with Gasteiger partial charge in [-0.05, 0) is 53.4 Å². The van der Waals surface area contributed by atoms with E-state index < -0.39 is 30.6 Å². The van der Waals surface area contributed by atoms with Crippen LogP contribution < -0.4 is 9.47 Å². The molecule has 184 valence electrons. The van der Waals surface area contributed by atoms with Gasteiger partial charge in [0.2, 0.25) is 5.78 Å². The summed E-state index contributed by atoms with van der Waals surface area (Å²) in [5.74, 6) is -1.68. The number of hydrogen-bond donors (Lipinski definition) is 0. The van der Waals surface area contributed by atoms with E-state index in [-0.39, 0.29) is 11.5 Å². The average Bonchev–Trinajstić information content (AvgIpc) is 2.89. The lowest BCUT2D eigenvalue weighted by Gasteiger charge is -2.20. The number of carbonyl (C=O) groups excluding carboxylic acids is 1. The molecule has 0 aliphatic carbocycles. The maximum Gasteiger partial charge on any atom is 0.387 e. The fourth-order valence-corrected chi connectivity index (χ4v) is 3.79. The van der Waals surface area contributed by atoms with Gasteiger partial charge in [-0.2, -0.15) is 17.6 Å². The Kier molecular flexibility index (Phi) is 7.89. The summed E-state index contributed by atoms with van der Waals surface area (Å²) in [6.45, 7) is -6.44.